The lowest BCUT2D eigenvalue weighted by atomic mass is 10.1. The van der Waals surface area contributed by atoms with Gasteiger partial charge in [0.25, 0.3) is 5.91 Å². The number of carbonyl (C=O) groups is 2. The molecule has 0 saturated carbocycles. The number of carbonyl (C=O) groups excluding carboxylic acids is 2. The minimum atomic E-state index is -0.389. The number of hydrogen-bond acceptors (Lipinski definition) is 6. The maximum atomic E-state index is 12.6. The number of Topliss-reactive ketones (excluding diaryl/α,β-unsaturated/α-hetero) is 1. The van der Waals surface area contributed by atoms with Gasteiger partial charge in [-0.2, -0.15) is 0 Å². The summed E-state index contributed by atoms with van der Waals surface area (Å²) in [7, 11) is 1.59. The van der Waals surface area contributed by atoms with Gasteiger partial charge in [0, 0.05) is 29.1 Å². The first kappa shape index (κ1) is 19.0. The Balaban J connectivity index is 1.81. The van der Waals surface area contributed by atoms with Crippen LogP contribution in [0.15, 0.2) is 54.6 Å². The Hall–Kier alpha value is -3.74. The second-order valence-corrected chi connectivity index (χ2v) is 6.13. The summed E-state index contributed by atoms with van der Waals surface area (Å²) in [5, 5.41) is 5.91. The number of nitrogens with zero attached hydrogens (tertiary/aromatic N) is 2. The molecule has 0 fully saturated rings. The summed E-state index contributed by atoms with van der Waals surface area (Å²) in [6.07, 6.45) is 0. The van der Waals surface area contributed by atoms with Gasteiger partial charge in [0.1, 0.15) is 23.1 Å². The van der Waals surface area contributed by atoms with Gasteiger partial charge in [0.2, 0.25) is 0 Å². The van der Waals surface area contributed by atoms with Crippen molar-refractivity contribution in [3.63, 3.8) is 0 Å². The van der Waals surface area contributed by atoms with Crippen molar-refractivity contribution in [3.8, 4) is 5.75 Å². The van der Waals surface area contributed by atoms with Crippen LogP contribution in [0, 0.1) is 6.92 Å². The van der Waals surface area contributed by atoms with Gasteiger partial charge < -0.3 is 15.4 Å². The monoisotopic (exact) mass is 376 g/mol. The number of ether oxygens (including phenoxy) is 1. The Morgan fingerprint density at radius 2 is 1.71 bits per heavy atom. The fourth-order valence-corrected chi connectivity index (χ4v) is 2.61. The van der Waals surface area contributed by atoms with E-state index in [0.29, 0.717) is 28.6 Å². The van der Waals surface area contributed by atoms with Crippen LogP contribution < -0.4 is 15.4 Å². The predicted octanol–water partition coefficient (Wildman–Crippen LogP) is 3.99. The van der Waals surface area contributed by atoms with Gasteiger partial charge in [0.15, 0.2) is 5.78 Å². The zero-order chi connectivity index (χ0) is 20.1. The zero-order valence-electron chi connectivity index (χ0n) is 15.8. The summed E-state index contributed by atoms with van der Waals surface area (Å²) < 4.78 is 5.21. The molecule has 2 N–H and O–H groups in total. The van der Waals surface area contributed by atoms with Crippen LogP contribution in [0.5, 0.6) is 5.75 Å². The van der Waals surface area contributed by atoms with E-state index in [1.165, 1.54) is 6.92 Å². The van der Waals surface area contributed by atoms with Crippen LogP contribution in [-0.2, 0) is 0 Å². The number of benzene rings is 2. The molecule has 142 valence electrons. The molecule has 7 nitrogen and oxygen atoms in total. The molecule has 0 unspecified atom stereocenters. The first-order valence-corrected chi connectivity index (χ1v) is 8.64. The lowest BCUT2D eigenvalue weighted by Crippen LogP contribution is -2.15. The molecule has 7 heteroatoms. The minimum absolute atomic E-state index is 0.0706. The molecule has 0 saturated heterocycles. The Kier molecular flexibility index (Phi) is 5.64. The normalized spacial score (nSPS) is 10.2. The fraction of sp³-hybridized carbons (Fsp3) is 0.143. The topological polar surface area (TPSA) is 93.2 Å². The average molecular weight is 376 g/mol. The van der Waals surface area contributed by atoms with E-state index in [-0.39, 0.29) is 17.4 Å². The molecule has 0 aliphatic carbocycles. The summed E-state index contributed by atoms with van der Waals surface area (Å²) in [5.41, 5.74) is 2.04. The lowest BCUT2D eigenvalue weighted by molar-refractivity contribution is 0.100. The summed E-state index contributed by atoms with van der Waals surface area (Å²) in [6.45, 7) is 3.19. The molecule has 0 spiro atoms. The Morgan fingerprint density at radius 1 is 0.964 bits per heavy atom. The molecule has 0 aliphatic heterocycles. The van der Waals surface area contributed by atoms with Crippen molar-refractivity contribution in [2.45, 2.75) is 13.8 Å². The molecular formula is C21H20N4O3. The van der Waals surface area contributed by atoms with E-state index in [1.54, 1.807) is 44.4 Å². The van der Waals surface area contributed by atoms with Gasteiger partial charge in [-0.15, -0.1) is 0 Å². The molecule has 2 aromatic carbocycles. The maximum absolute atomic E-state index is 12.6. The minimum Gasteiger partial charge on any atom is -0.497 e. The van der Waals surface area contributed by atoms with Gasteiger partial charge >= 0.3 is 0 Å². The number of hydrogen-bond donors (Lipinski definition) is 2. The third-order valence-electron chi connectivity index (χ3n) is 3.94. The Bertz CT molecular complexity index is 1030. The number of aromatic nitrogens is 2. The van der Waals surface area contributed by atoms with Crippen LogP contribution in [0.4, 0.5) is 17.2 Å². The molecular weight excluding hydrogens is 356 g/mol. The second kappa shape index (κ2) is 8.30. The highest BCUT2D eigenvalue weighted by Gasteiger charge is 2.12. The average Bonchev–Trinajstić information content (AvgIpc) is 2.68. The maximum Gasteiger partial charge on any atom is 0.274 e. The third-order valence-corrected chi connectivity index (χ3v) is 3.94. The fourth-order valence-electron chi connectivity index (χ4n) is 2.61. The highest BCUT2D eigenvalue weighted by atomic mass is 16.5. The van der Waals surface area contributed by atoms with Gasteiger partial charge in [-0.1, -0.05) is 18.2 Å². The molecule has 0 bridgehead atoms. The van der Waals surface area contributed by atoms with Crippen LogP contribution in [0.1, 0.15) is 33.6 Å². The van der Waals surface area contributed by atoms with E-state index in [4.69, 9.17) is 4.74 Å². The number of aryl methyl sites for hydroxylation is 1. The molecule has 1 heterocycles. The summed E-state index contributed by atoms with van der Waals surface area (Å²) in [6, 6.07) is 15.7. The van der Waals surface area contributed by atoms with E-state index >= 15 is 0 Å². The number of rotatable bonds is 6. The van der Waals surface area contributed by atoms with Gasteiger partial charge in [-0.3, -0.25) is 9.59 Å². The van der Waals surface area contributed by atoms with E-state index in [1.807, 2.05) is 24.3 Å². The van der Waals surface area contributed by atoms with Crippen molar-refractivity contribution >= 4 is 28.9 Å². The summed E-state index contributed by atoms with van der Waals surface area (Å²) in [5.74, 6) is 1.19. The highest BCUT2D eigenvalue weighted by Crippen LogP contribution is 2.21. The van der Waals surface area contributed by atoms with Crippen molar-refractivity contribution in [1.29, 1.82) is 0 Å². The van der Waals surface area contributed by atoms with Crippen molar-refractivity contribution < 1.29 is 14.3 Å². The number of nitrogens with one attached hydrogen (secondary N) is 2. The number of methoxy groups -OCH3 is 1. The standard InChI is InChI=1S/C21H20N4O3/c1-13(26)15-6-4-7-16(10-15)25-21(27)19-12-20(23-14(2)22-19)24-17-8-5-9-18(11-17)28-3/h4-12H,1-3H3,(H,25,27)(H,22,23,24). The quantitative estimate of drug-likeness (QED) is 0.632. The van der Waals surface area contributed by atoms with Crippen molar-refractivity contribution in [3.05, 3.63) is 71.7 Å². The SMILES string of the molecule is COc1cccc(Nc2cc(C(=O)Nc3cccc(C(C)=O)c3)nc(C)n2)c1. The third kappa shape index (κ3) is 4.70. The number of amides is 1. The van der Waals surface area contributed by atoms with Gasteiger partial charge in [-0.25, -0.2) is 9.97 Å². The largest absolute Gasteiger partial charge is 0.497 e. The molecule has 1 amide bonds. The number of anilines is 3. The van der Waals surface area contributed by atoms with Crippen LogP contribution in [-0.4, -0.2) is 28.8 Å². The van der Waals surface area contributed by atoms with E-state index in [9.17, 15) is 9.59 Å². The van der Waals surface area contributed by atoms with Crippen LogP contribution >= 0.6 is 0 Å². The van der Waals surface area contributed by atoms with E-state index in [2.05, 4.69) is 20.6 Å². The summed E-state index contributed by atoms with van der Waals surface area (Å²) in [4.78, 5) is 32.7. The van der Waals surface area contributed by atoms with Crippen LogP contribution in [0.3, 0.4) is 0 Å². The molecule has 0 atom stereocenters. The molecule has 28 heavy (non-hydrogen) atoms. The van der Waals surface area contributed by atoms with E-state index < -0.39 is 0 Å². The molecule has 3 aromatic rings. The highest BCUT2D eigenvalue weighted by molar-refractivity contribution is 6.04. The molecule has 0 radical (unpaired) electrons. The van der Waals surface area contributed by atoms with Gasteiger partial charge in [-0.05, 0) is 38.1 Å². The first-order valence-electron chi connectivity index (χ1n) is 8.64. The van der Waals surface area contributed by atoms with Crippen LogP contribution in [0.2, 0.25) is 0 Å². The Labute approximate surface area is 162 Å². The number of ketones is 1. The van der Waals surface area contributed by atoms with Crippen molar-refractivity contribution in [2.75, 3.05) is 17.7 Å². The van der Waals surface area contributed by atoms with Crippen molar-refractivity contribution in [1.82, 2.24) is 9.97 Å². The second-order valence-electron chi connectivity index (χ2n) is 6.13. The molecule has 0 aliphatic rings. The van der Waals surface area contributed by atoms with Gasteiger partial charge in [0.05, 0.1) is 7.11 Å². The smallest absolute Gasteiger partial charge is 0.274 e. The van der Waals surface area contributed by atoms with Crippen molar-refractivity contribution in [2.24, 2.45) is 0 Å². The van der Waals surface area contributed by atoms with E-state index in [0.717, 1.165) is 5.69 Å². The molecule has 1 aromatic heterocycles. The zero-order valence-corrected chi connectivity index (χ0v) is 15.8. The van der Waals surface area contributed by atoms with Crippen LogP contribution in [0.25, 0.3) is 0 Å². The Morgan fingerprint density at radius 3 is 2.46 bits per heavy atom. The summed E-state index contributed by atoms with van der Waals surface area (Å²) >= 11 is 0. The first-order chi connectivity index (χ1) is 13.4. The predicted molar refractivity (Wildman–Crippen MR) is 107 cm³/mol. The molecule has 3 rings (SSSR count). The lowest BCUT2D eigenvalue weighted by Gasteiger charge is -2.10.